The van der Waals surface area contributed by atoms with Gasteiger partial charge in [-0.05, 0) is 73.8 Å². The maximum Gasteiger partial charge on any atom is 0.416 e. The van der Waals surface area contributed by atoms with Gasteiger partial charge in [-0.2, -0.15) is 13.2 Å². The average Bonchev–Trinajstić information content (AvgIpc) is 2.87. The molecular weight excluding hydrogens is 631 g/mol. The Morgan fingerprint density at radius 3 is 2.45 bits per heavy atom. The summed E-state index contributed by atoms with van der Waals surface area (Å²) in [6.45, 7) is 6.35. The minimum atomic E-state index is -5.03. The summed E-state index contributed by atoms with van der Waals surface area (Å²) in [5.74, 6) is -4.30. The van der Waals surface area contributed by atoms with E-state index in [2.05, 4.69) is 26.2 Å². The first-order valence-electron chi connectivity index (χ1n) is 12.8. The zero-order valence-corrected chi connectivity index (χ0v) is 25.4. The summed E-state index contributed by atoms with van der Waals surface area (Å²) >= 11 is 3.23. The summed E-state index contributed by atoms with van der Waals surface area (Å²) in [4.78, 5) is 29.8. The molecule has 0 radical (unpaired) electrons. The number of carbonyl (C=O) groups excluding carboxylic acids is 2. The van der Waals surface area contributed by atoms with Crippen molar-refractivity contribution in [1.82, 2.24) is 10.2 Å². The second-order valence-corrected chi connectivity index (χ2v) is 11.2. The van der Waals surface area contributed by atoms with Crippen LogP contribution < -0.4 is 15.8 Å². The highest BCUT2D eigenvalue weighted by Gasteiger charge is 2.39. The first-order valence-corrected chi connectivity index (χ1v) is 13.6. The van der Waals surface area contributed by atoms with Crippen LogP contribution in [0.25, 0.3) is 0 Å². The van der Waals surface area contributed by atoms with Crippen LogP contribution in [0.1, 0.15) is 45.6 Å². The van der Waals surface area contributed by atoms with E-state index < -0.39 is 52.4 Å². The summed E-state index contributed by atoms with van der Waals surface area (Å²) in [6.07, 6.45) is -4.78. The van der Waals surface area contributed by atoms with Crippen molar-refractivity contribution in [2.75, 3.05) is 26.7 Å². The lowest BCUT2D eigenvalue weighted by Crippen LogP contribution is -2.48. The Morgan fingerprint density at radius 2 is 1.93 bits per heavy atom. The molecule has 1 amide bonds. The van der Waals surface area contributed by atoms with E-state index in [1.165, 1.54) is 33.9 Å². The van der Waals surface area contributed by atoms with Crippen LogP contribution in [0.2, 0.25) is 0 Å². The van der Waals surface area contributed by atoms with Crippen LogP contribution in [0.15, 0.2) is 57.0 Å². The Labute approximate surface area is 249 Å². The van der Waals surface area contributed by atoms with Crippen molar-refractivity contribution in [2.24, 2.45) is 10.7 Å². The van der Waals surface area contributed by atoms with E-state index in [0.29, 0.717) is 11.8 Å². The van der Waals surface area contributed by atoms with Gasteiger partial charge in [-0.25, -0.2) is 8.78 Å². The molecule has 0 aromatic heterocycles. The lowest BCUT2D eigenvalue weighted by atomic mass is 9.91. The van der Waals surface area contributed by atoms with Crippen LogP contribution in [0.3, 0.4) is 0 Å². The predicted molar refractivity (Wildman–Crippen MR) is 152 cm³/mol. The van der Waals surface area contributed by atoms with Gasteiger partial charge in [0.25, 0.3) is 0 Å². The SMILES string of the molecule is CN=C(C)/C(Br)=C(\N)Oc1ccc(F)c(C(/C=C(\C(=C/NC=O)CCN2CC(F)C2)C(F)(F)F)C(=O)OC(C)(C)C)c1. The molecule has 0 aliphatic carbocycles. The predicted octanol–water partition coefficient (Wildman–Crippen LogP) is 5.41. The molecule has 1 unspecified atom stereocenters. The first kappa shape index (κ1) is 34.9. The Balaban J connectivity index is 2.68. The topological polar surface area (TPSA) is 106 Å². The van der Waals surface area contributed by atoms with Crippen LogP contribution in [0.5, 0.6) is 5.75 Å². The number of ether oxygens (including phenoxy) is 2. The average molecular weight is 665 g/mol. The monoisotopic (exact) mass is 664 g/mol. The molecule has 14 heteroatoms. The lowest BCUT2D eigenvalue weighted by Gasteiger charge is -2.34. The van der Waals surface area contributed by atoms with Crippen molar-refractivity contribution in [3.05, 3.63) is 63.4 Å². The van der Waals surface area contributed by atoms with Crippen LogP contribution >= 0.6 is 15.9 Å². The number of alkyl halides is 4. The van der Waals surface area contributed by atoms with Crippen molar-refractivity contribution in [3.8, 4) is 5.75 Å². The zero-order valence-electron chi connectivity index (χ0n) is 23.8. The van der Waals surface area contributed by atoms with Gasteiger partial charge in [-0.3, -0.25) is 19.5 Å². The maximum absolute atomic E-state index is 15.2. The molecule has 0 spiro atoms. The quantitative estimate of drug-likeness (QED) is 0.0774. The van der Waals surface area contributed by atoms with Crippen LogP contribution in [-0.4, -0.2) is 67.6 Å². The molecule has 1 fully saturated rings. The number of allylic oxidation sites excluding steroid dienone is 2. The number of hydrogen-bond donors (Lipinski definition) is 2. The molecule has 1 aromatic rings. The van der Waals surface area contributed by atoms with Crippen molar-refractivity contribution in [2.45, 2.75) is 58.0 Å². The summed E-state index contributed by atoms with van der Waals surface area (Å²) in [7, 11) is 1.52. The fraction of sp³-hybridized carbons (Fsp3) is 0.464. The normalized spacial score (nSPS) is 17.3. The Kier molecular flexibility index (Phi) is 12.3. The highest BCUT2D eigenvalue weighted by molar-refractivity contribution is 9.12. The number of nitrogens with one attached hydrogen (secondary N) is 1. The van der Waals surface area contributed by atoms with Crippen LogP contribution in [0, 0.1) is 5.82 Å². The molecule has 3 N–H and O–H groups in total. The molecule has 0 saturated carbocycles. The molecule has 42 heavy (non-hydrogen) atoms. The summed E-state index contributed by atoms with van der Waals surface area (Å²) in [5, 5.41) is 2.10. The number of nitrogens with zero attached hydrogens (tertiary/aromatic N) is 2. The number of nitrogens with two attached hydrogens (primary N) is 1. The third-order valence-corrected chi connectivity index (χ3v) is 6.95. The Bertz CT molecular complexity index is 1270. The molecule has 2 rings (SSSR count). The molecule has 1 aromatic carbocycles. The third kappa shape index (κ3) is 10.2. The van der Waals surface area contributed by atoms with E-state index in [-0.39, 0.29) is 48.6 Å². The van der Waals surface area contributed by atoms with Crippen molar-refractivity contribution in [1.29, 1.82) is 0 Å². The van der Waals surface area contributed by atoms with E-state index >= 15 is 4.39 Å². The fourth-order valence-corrected chi connectivity index (χ4v) is 4.12. The molecule has 1 saturated heterocycles. The van der Waals surface area contributed by atoms with E-state index in [1.54, 1.807) is 11.8 Å². The third-order valence-electron chi connectivity index (χ3n) is 5.98. The van der Waals surface area contributed by atoms with E-state index in [0.717, 1.165) is 18.3 Å². The number of esters is 1. The van der Waals surface area contributed by atoms with E-state index in [9.17, 15) is 27.2 Å². The number of halogens is 6. The molecule has 0 bridgehead atoms. The van der Waals surface area contributed by atoms with Gasteiger partial charge in [0, 0.05) is 38.4 Å². The number of amides is 1. The number of carbonyl (C=O) groups is 2. The highest BCUT2D eigenvalue weighted by atomic mass is 79.9. The van der Waals surface area contributed by atoms with Gasteiger partial charge in [-0.15, -0.1) is 0 Å². The van der Waals surface area contributed by atoms with Crippen LogP contribution in [-0.2, 0) is 14.3 Å². The lowest BCUT2D eigenvalue weighted by molar-refractivity contribution is -0.155. The number of hydrogen-bond acceptors (Lipinski definition) is 7. The number of likely N-dealkylation sites (tertiary alicyclic amines) is 1. The first-order chi connectivity index (χ1) is 19.5. The van der Waals surface area contributed by atoms with Gasteiger partial charge in [-0.1, -0.05) is 6.08 Å². The van der Waals surface area contributed by atoms with Crippen molar-refractivity contribution >= 4 is 34.0 Å². The number of aliphatic imine (C=N–C) groups is 1. The molecular formula is C28H34BrF5N4O4. The van der Waals surface area contributed by atoms with Crippen LogP contribution in [0.4, 0.5) is 22.0 Å². The Morgan fingerprint density at radius 1 is 1.29 bits per heavy atom. The highest BCUT2D eigenvalue weighted by Crippen LogP contribution is 2.38. The smallest absolute Gasteiger partial charge is 0.416 e. The van der Waals surface area contributed by atoms with Gasteiger partial charge in [0.2, 0.25) is 12.3 Å². The summed E-state index contributed by atoms with van der Waals surface area (Å²) in [6, 6.07) is 3.16. The van der Waals surface area contributed by atoms with E-state index in [1.807, 2.05) is 0 Å². The van der Waals surface area contributed by atoms with Gasteiger partial charge in [0.15, 0.2) is 0 Å². The molecule has 1 atom stereocenters. The summed E-state index contributed by atoms with van der Waals surface area (Å²) in [5.41, 5.74) is 3.13. The van der Waals surface area contributed by atoms with Crippen molar-refractivity contribution in [3.63, 3.8) is 0 Å². The standard InChI is InChI=1S/C28H34BrF5N4O4/c1-16(36-5)24(29)25(35)41-19-6-7-23(31)20(10-19)21(26(40)42-27(2,3)4)11-22(28(32,33)34)17(12-37-15-39)8-9-38-13-18(30)14-38/h6-7,10-12,15,18,21H,8-9,13-14,35H2,1-5H3,(H,37,39)/b17-12-,22-11+,25-24-,36-16?. The maximum atomic E-state index is 15.2. The minimum absolute atomic E-state index is 0.0516. The fourth-order valence-electron chi connectivity index (χ4n) is 3.86. The second kappa shape index (κ2) is 14.8. The molecule has 232 valence electrons. The van der Waals surface area contributed by atoms with Gasteiger partial charge in [0.05, 0.1) is 15.8 Å². The molecule has 1 aliphatic rings. The molecule has 1 heterocycles. The van der Waals surface area contributed by atoms with E-state index in [4.69, 9.17) is 15.2 Å². The molecule has 1 aliphatic heterocycles. The second-order valence-electron chi connectivity index (χ2n) is 10.4. The zero-order chi connectivity index (χ0) is 31.8. The number of benzene rings is 1. The minimum Gasteiger partial charge on any atom is -0.459 e. The van der Waals surface area contributed by atoms with Crippen molar-refractivity contribution < 1.29 is 41.0 Å². The Hall–Kier alpha value is -3.26. The number of rotatable bonds is 12. The van der Waals surface area contributed by atoms with Gasteiger partial charge in [0.1, 0.15) is 29.3 Å². The largest absolute Gasteiger partial charge is 0.459 e. The summed E-state index contributed by atoms with van der Waals surface area (Å²) < 4.78 is 83.2. The van der Waals surface area contributed by atoms with Gasteiger partial charge < -0.3 is 20.5 Å². The molecule has 8 nitrogen and oxygen atoms in total. The van der Waals surface area contributed by atoms with Gasteiger partial charge >= 0.3 is 12.1 Å².